The van der Waals surface area contributed by atoms with Gasteiger partial charge in [-0.15, -0.1) is 0 Å². The number of nitrogens with zero attached hydrogens (tertiary/aromatic N) is 1. The molecule has 0 bridgehead atoms. The summed E-state index contributed by atoms with van der Waals surface area (Å²) in [5, 5.41) is 6.67. The number of rotatable bonds is 3. The van der Waals surface area contributed by atoms with E-state index in [1.54, 1.807) is 6.92 Å². The van der Waals surface area contributed by atoms with Gasteiger partial charge in [-0.25, -0.2) is 4.98 Å². The molecule has 2 rings (SSSR count). The Morgan fingerprint density at radius 1 is 1.59 bits per heavy atom. The molecule has 1 aromatic heterocycles. The smallest absolute Gasteiger partial charge is 0.252 e. The van der Waals surface area contributed by atoms with Gasteiger partial charge in [0.2, 0.25) is 0 Å². The Morgan fingerprint density at radius 3 is 3.06 bits per heavy atom. The molecule has 0 saturated carbocycles. The van der Waals surface area contributed by atoms with Gasteiger partial charge in [0.15, 0.2) is 0 Å². The van der Waals surface area contributed by atoms with E-state index in [9.17, 15) is 4.79 Å². The van der Waals surface area contributed by atoms with Gasteiger partial charge in [0.25, 0.3) is 5.56 Å². The predicted octanol–water partition coefficient (Wildman–Crippen LogP) is 0.880. The van der Waals surface area contributed by atoms with E-state index in [0.29, 0.717) is 11.6 Å². The lowest BCUT2D eigenvalue weighted by Gasteiger charge is -2.34. The number of nitrogens with one attached hydrogen (secondary N) is 3. The Morgan fingerprint density at radius 2 is 2.41 bits per heavy atom. The van der Waals surface area contributed by atoms with Crippen molar-refractivity contribution in [2.24, 2.45) is 5.41 Å². The van der Waals surface area contributed by atoms with Gasteiger partial charge in [-0.1, -0.05) is 6.92 Å². The number of aryl methyl sites for hydroxylation is 1. The second kappa shape index (κ2) is 4.87. The first kappa shape index (κ1) is 12.1. The molecular weight excluding hydrogens is 216 g/mol. The molecule has 3 N–H and O–H groups in total. The summed E-state index contributed by atoms with van der Waals surface area (Å²) in [4.78, 5) is 18.2. The van der Waals surface area contributed by atoms with Crippen LogP contribution in [0.1, 0.15) is 25.6 Å². The fraction of sp³-hybridized carbons (Fsp3) is 0.667. The summed E-state index contributed by atoms with van der Waals surface area (Å²) in [6.07, 6.45) is 2.41. The summed E-state index contributed by atoms with van der Waals surface area (Å²) < 4.78 is 0. The standard InChI is InChI=1S/C12H20N4O/c1-9-15-10(6-11(17)16-9)14-8-12(2)4-3-5-13-7-12/h6,13H,3-5,7-8H2,1-2H3,(H2,14,15,16,17). The third-order valence-electron chi connectivity index (χ3n) is 3.24. The molecule has 1 aliphatic rings. The lowest BCUT2D eigenvalue weighted by atomic mass is 9.83. The van der Waals surface area contributed by atoms with Crippen LogP contribution in [0.2, 0.25) is 0 Å². The fourth-order valence-corrected chi connectivity index (χ4v) is 2.24. The first-order valence-electron chi connectivity index (χ1n) is 6.10. The highest BCUT2D eigenvalue weighted by Gasteiger charge is 2.26. The summed E-state index contributed by atoms with van der Waals surface area (Å²) in [6, 6.07) is 1.51. The van der Waals surface area contributed by atoms with Crippen LogP contribution >= 0.6 is 0 Å². The molecule has 0 aromatic carbocycles. The number of H-pyrrole nitrogens is 1. The molecule has 1 aliphatic heterocycles. The quantitative estimate of drug-likeness (QED) is 0.728. The third kappa shape index (κ3) is 3.30. The number of aromatic nitrogens is 2. The minimum absolute atomic E-state index is 0.105. The molecule has 0 radical (unpaired) electrons. The van der Waals surface area contributed by atoms with Crippen molar-refractivity contribution in [2.45, 2.75) is 26.7 Å². The molecule has 0 aliphatic carbocycles. The van der Waals surface area contributed by atoms with Crippen LogP contribution in [0.4, 0.5) is 5.82 Å². The van der Waals surface area contributed by atoms with Gasteiger partial charge in [-0.05, 0) is 31.7 Å². The highest BCUT2D eigenvalue weighted by molar-refractivity contribution is 5.33. The third-order valence-corrected chi connectivity index (χ3v) is 3.24. The van der Waals surface area contributed by atoms with Crippen molar-refractivity contribution in [3.63, 3.8) is 0 Å². The maximum Gasteiger partial charge on any atom is 0.252 e. The fourth-order valence-electron chi connectivity index (χ4n) is 2.24. The monoisotopic (exact) mass is 236 g/mol. The van der Waals surface area contributed by atoms with Crippen molar-refractivity contribution < 1.29 is 0 Å². The van der Waals surface area contributed by atoms with Crippen LogP contribution in [0.15, 0.2) is 10.9 Å². The average molecular weight is 236 g/mol. The lowest BCUT2D eigenvalue weighted by Crippen LogP contribution is -2.42. The molecule has 94 valence electrons. The number of hydrogen-bond acceptors (Lipinski definition) is 4. The molecule has 1 saturated heterocycles. The molecule has 17 heavy (non-hydrogen) atoms. The van der Waals surface area contributed by atoms with Crippen molar-refractivity contribution >= 4 is 5.82 Å². The van der Waals surface area contributed by atoms with E-state index in [1.807, 2.05) is 0 Å². The Kier molecular flexibility index (Phi) is 3.47. The second-order valence-electron chi connectivity index (χ2n) is 5.16. The minimum atomic E-state index is -0.105. The van der Waals surface area contributed by atoms with Gasteiger partial charge < -0.3 is 15.6 Å². The zero-order chi connectivity index (χ0) is 12.3. The molecular formula is C12H20N4O. The van der Waals surface area contributed by atoms with Crippen LogP contribution in [-0.2, 0) is 0 Å². The Labute approximate surface area is 101 Å². The van der Waals surface area contributed by atoms with E-state index in [0.717, 1.165) is 19.6 Å². The summed E-state index contributed by atoms with van der Waals surface area (Å²) in [5.41, 5.74) is 0.142. The van der Waals surface area contributed by atoms with Crippen molar-refractivity contribution in [1.82, 2.24) is 15.3 Å². The number of piperidine rings is 1. The first-order chi connectivity index (χ1) is 8.07. The van der Waals surface area contributed by atoms with Gasteiger partial charge in [0.1, 0.15) is 11.6 Å². The maximum atomic E-state index is 11.3. The Bertz CT molecular complexity index is 434. The topological polar surface area (TPSA) is 69.8 Å². The van der Waals surface area contributed by atoms with E-state index >= 15 is 0 Å². The largest absolute Gasteiger partial charge is 0.369 e. The van der Waals surface area contributed by atoms with Crippen LogP contribution in [0, 0.1) is 12.3 Å². The zero-order valence-corrected chi connectivity index (χ0v) is 10.5. The Hall–Kier alpha value is -1.36. The van der Waals surface area contributed by atoms with Crippen molar-refractivity contribution in [2.75, 3.05) is 25.0 Å². The van der Waals surface area contributed by atoms with E-state index < -0.39 is 0 Å². The molecule has 5 nitrogen and oxygen atoms in total. The number of anilines is 1. The van der Waals surface area contributed by atoms with Gasteiger partial charge in [0.05, 0.1) is 0 Å². The van der Waals surface area contributed by atoms with Crippen molar-refractivity contribution in [1.29, 1.82) is 0 Å². The van der Waals surface area contributed by atoms with Gasteiger partial charge in [-0.2, -0.15) is 0 Å². The number of hydrogen-bond donors (Lipinski definition) is 3. The van der Waals surface area contributed by atoms with Crippen molar-refractivity contribution in [3.8, 4) is 0 Å². The van der Waals surface area contributed by atoms with Crippen molar-refractivity contribution in [3.05, 3.63) is 22.2 Å². The van der Waals surface area contributed by atoms with Crippen LogP contribution in [-0.4, -0.2) is 29.6 Å². The van der Waals surface area contributed by atoms with Crippen LogP contribution in [0.5, 0.6) is 0 Å². The predicted molar refractivity (Wildman–Crippen MR) is 68.3 cm³/mol. The summed E-state index contributed by atoms with van der Waals surface area (Å²) >= 11 is 0. The van der Waals surface area contributed by atoms with Gasteiger partial charge >= 0.3 is 0 Å². The average Bonchev–Trinajstić information content (AvgIpc) is 2.26. The molecule has 1 atom stereocenters. The molecule has 1 unspecified atom stereocenters. The maximum absolute atomic E-state index is 11.3. The van der Waals surface area contributed by atoms with Gasteiger partial charge in [-0.3, -0.25) is 4.79 Å². The Balaban J connectivity index is 1.99. The molecule has 0 amide bonds. The lowest BCUT2D eigenvalue weighted by molar-refractivity contribution is 0.253. The summed E-state index contributed by atoms with van der Waals surface area (Å²) in [6.45, 7) is 7.01. The molecule has 5 heteroatoms. The molecule has 1 aromatic rings. The number of aromatic amines is 1. The van der Waals surface area contributed by atoms with E-state index in [4.69, 9.17) is 0 Å². The molecule has 0 spiro atoms. The molecule has 2 heterocycles. The summed E-state index contributed by atoms with van der Waals surface area (Å²) in [7, 11) is 0. The van der Waals surface area contributed by atoms with Crippen LogP contribution in [0.25, 0.3) is 0 Å². The minimum Gasteiger partial charge on any atom is -0.369 e. The molecule has 1 fully saturated rings. The first-order valence-corrected chi connectivity index (χ1v) is 6.10. The normalized spacial score (nSPS) is 24.6. The highest BCUT2D eigenvalue weighted by Crippen LogP contribution is 2.25. The summed E-state index contributed by atoms with van der Waals surface area (Å²) in [5.74, 6) is 1.31. The second-order valence-corrected chi connectivity index (χ2v) is 5.16. The van der Waals surface area contributed by atoms with E-state index in [2.05, 4.69) is 27.5 Å². The van der Waals surface area contributed by atoms with E-state index in [-0.39, 0.29) is 11.0 Å². The highest BCUT2D eigenvalue weighted by atomic mass is 16.1. The van der Waals surface area contributed by atoms with Crippen LogP contribution in [0.3, 0.4) is 0 Å². The van der Waals surface area contributed by atoms with Crippen LogP contribution < -0.4 is 16.2 Å². The van der Waals surface area contributed by atoms with E-state index in [1.165, 1.54) is 18.9 Å². The van der Waals surface area contributed by atoms with Gasteiger partial charge in [0, 0.05) is 19.2 Å². The zero-order valence-electron chi connectivity index (χ0n) is 10.5. The SMILES string of the molecule is Cc1nc(NCC2(C)CCCNC2)cc(=O)[nH]1.